The lowest BCUT2D eigenvalue weighted by Crippen LogP contribution is -3.00. The molecule has 0 saturated heterocycles. The van der Waals surface area contributed by atoms with Gasteiger partial charge in [-0.1, -0.05) is 78.6 Å². The zero-order chi connectivity index (χ0) is 16.5. The number of rotatable bonds is 17. The van der Waals surface area contributed by atoms with E-state index in [-0.39, 0.29) is 17.0 Å². The van der Waals surface area contributed by atoms with Crippen LogP contribution in [0.4, 0.5) is 0 Å². The van der Waals surface area contributed by atoms with Gasteiger partial charge in [0.25, 0.3) is 0 Å². The van der Waals surface area contributed by atoms with Crippen molar-refractivity contribution in [1.82, 2.24) is 0 Å². The summed E-state index contributed by atoms with van der Waals surface area (Å²) >= 11 is 0. The van der Waals surface area contributed by atoms with Crippen LogP contribution >= 0.6 is 0 Å². The van der Waals surface area contributed by atoms with Crippen LogP contribution in [0, 0.1) is 0 Å². The molecule has 0 unspecified atom stereocenters. The van der Waals surface area contributed by atoms with E-state index in [4.69, 9.17) is 0 Å². The van der Waals surface area contributed by atoms with Crippen LogP contribution in [-0.4, -0.2) is 31.2 Å². The minimum Gasteiger partial charge on any atom is -1.00 e. The summed E-state index contributed by atoms with van der Waals surface area (Å²) < 4.78 is 1.34. The summed E-state index contributed by atoms with van der Waals surface area (Å²) in [7, 11) is 2.52. The quantitative estimate of drug-likeness (QED) is 0.260. The van der Waals surface area contributed by atoms with E-state index < -0.39 is 0 Å². The van der Waals surface area contributed by atoms with Crippen molar-refractivity contribution in [2.45, 2.75) is 111 Å². The van der Waals surface area contributed by atoms with Crippen LogP contribution < -0.4 is 17.0 Å². The van der Waals surface area contributed by atoms with Gasteiger partial charge in [0, 0.05) is 0 Å². The van der Waals surface area contributed by atoms with Crippen LogP contribution in [0.25, 0.3) is 0 Å². The van der Waals surface area contributed by atoms with E-state index in [0.717, 1.165) is 0 Å². The first-order chi connectivity index (χ1) is 10.7. The van der Waals surface area contributed by atoms with Crippen molar-refractivity contribution in [3.8, 4) is 0 Å². The van der Waals surface area contributed by atoms with Gasteiger partial charge in [0.15, 0.2) is 0 Å². The summed E-state index contributed by atoms with van der Waals surface area (Å²) in [6.45, 7) is 11.2. The van der Waals surface area contributed by atoms with E-state index in [9.17, 15) is 0 Å². The fraction of sp³-hybridized carbons (Fsp3) is 1.00. The monoisotopic (exact) mass is 391 g/mol. The van der Waals surface area contributed by atoms with Crippen molar-refractivity contribution in [1.29, 1.82) is 0 Å². The van der Waals surface area contributed by atoms with Gasteiger partial charge in [-0.25, -0.2) is 0 Å². The molecule has 0 aliphatic rings. The summed E-state index contributed by atoms with van der Waals surface area (Å²) in [5.41, 5.74) is 0. The Balaban J connectivity index is 0. The van der Waals surface area contributed by atoms with Crippen molar-refractivity contribution in [2.24, 2.45) is 0 Å². The maximum Gasteiger partial charge on any atom is 0.0784 e. The van der Waals surface area contributed by atoms with Gasteiger partial charge in [-0.15, -0.1) is 0 Å². The largest absolute Gasteiger partial charge is 1.00 e. The molecule has 0 bridgehead atoms. The molecule has 0 saturated carbocycles. The molecule has 0 aliphatic carbocycles. The second-order valence-corrected chi connectivity index (χ2v) is 7.68. The highest BCUT2D eigenvalue weighted by atomic mass is 79.9. The third kappa shape index (κ3) is 17.1. The van der Waals surface area contributed by atoms with Crippen LogP contribution in [0.3, 0.4) is 0 Å². The lowest BCUT2D eigenvalue weighted by Gasteiger charge is -2.35. The summed E-state index contributed by atoms with van der Waals surface area (Å²) in [6, 6.07) is 0. The van der Waals surface area contributed by atoms with Gasteiger partial charge < -0.3 is 21.5 Å². The van der Waals surface area contributed by atoms with Crippen molar-refractivity contribution in [3.05, 3.63) is 0 Å². The molecule has 0 spiro atoms. The first-order valence-corrected chi connectivity index (χ1v) is 10.5. The Hall–Kier alpha value is 0.440. The molecule has 0 amide bonds. The highest BCUT2D eigenvalue weighted by molar-refractivity contribution is 4.49. The molecule has 0 N–H and O–H groups in total. The number of unbranched alkanes of at least 4 members (excludes halogenated alkanes) is 11. The normalized spacial score (nSPS) is 11.5. The average Bonchev–Trinajstić information content (AvgIpc) is 2.52. The van der Waals surface area contributed by atoms with Gasteiger partial charge >= 0.3 is 0 Å². The van der Waals surface area contributed by atoms with Gasteiger partial charge in [0.2, 0.25) is 0 Å². The standard InChI is InChI=1S/C21H46N.BrH/c1-5-8-11-13-15-17-20-22(4,19-10-7-3)21-18-16-14-12-9-6-2;/h5-21H2,1-4H3;1H/q+1;/p-1. The lowest BCUT2D eigenvalue weighted by atomic mass is 10.1. The molecular formula is C21H46BrN. The van der Waals surface area contributed by atoms with Crippen LogP contribution in [0.5, 0.6) is 0 Å². The zero-order valence-corrected chi connectivity index (χ0v) is 18.4. The van der Waals surface area contributed by atoms with Crippen molar-refractivity contribution in [2.75, 3.05) is 26.7 Å². The number of halogens is 1. The van der Waals surface area contributed by atoms with Gasteiger partial charge in [-0.2, -0.15) is 0 Å². The number of quaternary nitrogens is 1. The Kier molecular flexibility index (Phi) is 21.0. The fourth-order valence-electron chi connectivity index (χ4n) is 3.42. The molecule has 0 fully saturated rings. The molecule has 0 radical (unpaired) electrons. The molecule has 0 aromatic carbocycles. The van der Waals surface area contributed by atoms with E-state index in [0.29, 0.717) is 0 Å². The van der Waals surface area contributed by atoms with Crippen molar-refractivity contribution >= 4 is 0 Å². The molecule has 0 aromatic heterocycles. The summed E-state index contributed by atoms with van der Waals surface area (Å²) in [6.07, 6.45) is 20.0. The van der Waals surface area contributed by atoms with Gasteiger partial charge in [-0.05, 0) is 32.1 Å². The fourth-order valence-corrected chi connectivity index (χ4v) is 3.42. The molecule has 23 heavy (non-hydrogen) atoms. The third-order valence-corrected chi connectivity index (χ3v) is 5.15. The van der Waals surface area contributed by atoms with E-state index in [1.165, 1.54) is 114 Å². The van der Waals surface area contributed by atoms with Gasteiger partial charge in [0.05, 0.1) is 26.7 Å². The predicted octanol–water partition coefficient (Wildman–Crippen LogP) is 3.96. The molecular weight excluding hydrogens is 346 g/mol. The highest BCUT2D eigenvalue weighted by Crippen LogP contribution is 2.14. The molecule has 0 aliphatic heterocycles. The Labute approximate surface area is 159 Å². The third-order valence-electron chi connectivity index (χ3n) is 5.15. The van der Waals surface area contributed by atoms with Crippen LogP contribution in [0.15, 0.2) is 0 Å². The maximum absolute atomic E-state index is 2.52. The number of hydrogen-bond donors (Lipinski definition) is 0. The van der Waals surface area contributed by atoms with E-state index in [1.807, 2.05) is 0 Å². The smallest absolute Gasteiger partial charge is 0.0784 e. The Bertz CT molecular complexity index is 202. The van der Waals surface area contributed by atoms with Crippen LogP contribution in [0.1, 0.15) is 111 Å². The highest BCUT2D eigenvalue weighted by Gasteiger charge is 2.19. The molecule has 0 aromatic rings. The minimum atomic E-state index is 0. The molecule has 0 heterocycles. The number of nitrogens with zero attached hydrogens (tertiary/aromatic N) is 1. The van der Waals surface area contributed by atoms with Crippen LogP contribution in [-0.2, 0) is 0 Å². The SMILES string of the molecule is CCCCCCCC[N+](C)(CCCC)CCCCCCCC.[Br-]. The first-order valence-electron chi connectivity index (χ1n) is 10.5. The summed E-state index contributed by atoms with van der Waals surface area (Å²) in [5, 5.41) is 0. The van der Waals surface area contributed by atoms with Crippen molar-refractivity contribution in [3.63, 3.8) is 0 Å². The summed E-state index contributed by atoms with van der Waals surface area (Å²) in [4.78, 5) is 0. The molecule has 1 nitrogen and oxygen atoms in total. The number of hydrogen-bond acceptors (Lipinski definition) is 0. The van der Waals surface area contributed by atoms with Crippen LogP contribution in [0.2, 0.25) is 0 Å². The summed E-state index contributed by atoms with van der Waals surface area (Å²) in [5.74, 6) is 0. The lowest BCUT2D eigenvalue weighted by molar-refractivity contribution is -0.910. The second-order valence-electron chi connectivity index (χ2n) is 7.68. The first kappa shape index (κ1) is 25.7. The van der Waals surface area contributed by atoms with Gasteiger partial charge in [0.1, 0.15) is 0 Å². The van der Waals surface area contributed by atoms with E-state index in [1.54, 1.807) is 0 Å². The van der Waals surface area contributed by atoms with Crippen molar-refractivity contribution < 1.29 is 21.5 Å². The molecule has 0 rings (SSSR count). The maximum atomic E-state index is 2.52. The zero-order valence-electron chi connectivity index (χ0n) is 16.8. The Morgan fingerprint density at radius 2 is 0.739 bits per heavy atom. The second kappa shape index (κ2) is 18.8. The Morgan fingerprint density at radius 1 is 0.435 bits per heavy atom. The van der Waals surface area contributed by atoms with E-state index >= 15 is 0 Å². The molecule has 142 valence electrons. The minimum absolute atomic E-state index is 0. The average molecular weight is 393 g/mol. The van der Waals surface area contributed by atoms with E-state index in [2.05, 4.69) is 27.8 Å². The Morgan fingerprint density at radius 3 is 1.13 bits per heavy atom. The predicted molar refractivity (Wildman–Crippen MR) is 102 cm³/mol. The topological polar surface area (TPSA) is 0 Å². The molecule has 0 atom stereocenters. The van der Waals surface area contributed by atoms with Gasteiger partial charge in [-0.3, -0.25) is 0 Å². The molecule has 2 heteroatoms.